The van der Waals surface area contributed by atoms with E-state index < -0.39 is 0 Å². The molecule has 1 aromatic heterocycles. The molecule has 0 saturated heterocycles. The first-order chi connectivity index (χ1) is 13.6. The molecular formula is C22H31N3O3. The van der Waals surface area contributed by atoms with Crippen LogP contribution in [0, 0.1) is 0 Å². The van der Waals surface area contributed by atoms with Gasteiger partial charge in [-0.3, -0.25) is 4.57 Å². The third-order valence-corrected chi connectivity index (χ3v) is 5.39. The Kier molecular flexibility index (Phi) is 6.60. The van der Waals surface area contributed by atoms with E-state index in [4.69, 9.17) is 9.47 Å². The average Bonchev–Trinajstić information content (AvgIpc) is 2.70. The Morgan fingerprint density at radius 3 is 2.61 bits per heavy atom. The fraction of sp³-hybridized carbons (Fsp3) is 0.545. The van der Waals surface area contributed by atoms with Crippen molar-refractivity contribution in [3.8, 4) is 22.8 Å². The number of hydrogen-bond acceptors (Lipinski definition) is 5. The van der Waals surface area contributed by atoms with Gasteiger partial charge in [-0.05, 0) is 37.5 Å². The molecule has 1 aliphatic heterocycles. The molecule has 0 amide bonds. The van der Waals surface area contributed by atoms with Crippen LogP contribution in [0.15, 0.2) is 23.0 Å². The Hall–Kier alpha value is -2.50. The van der Waals surface area contributed by atoms with Crippen molar-refractivity contribution in [1.29, 1.82) is 0 Å². The highest BCUT2D eigenvalue weighted by atomic mass is 16.5. The average molecular weight is 386 g/mol. The summed E-state index contributed by atoms with van der Waals surface area (Å²) in [5.74, 6) is 2.02. The van der Waals surface area contributed by atoms with Crippen molar-refractivity contribution < 1.29 is 9.47 Å². The lowest BCUT2D eigenvalue weighted by molar-refractivity contribution is 0.354. The number of nitrogens with zero attached hydrogens (tertiary/aromatic N) is 2. The van der Waals surface area contributed by atoms with Crippen molar-refractivity contribution in [3.05, 3.63) is 34.2 Å². The van der Waals surface area contributed by atoms with Crippen LogP contribution in [0.5, 0.6) is 11.5 Å². The number of aromatic nitrogens is 2. The Morgan fingerprint density at radius 2 is 1.89 bits per heavy atom. The lowest BCUT2D eigenvalue weighted by atomic mass is 9.97. The minimum Gasteiger partial charge on any atom is -0.493 e. The highest BCUT2D eigenvalue weighted by Crippen LogP contribution is 2.38. The van der Waals surface area contributed by atoms with Crippen LogP contribution >= 0.6 is 0 Å². The maximum Gasteiger partial charge on any atom is 0.349 e. The van der Waals surface area contributed by atoms with Crippen LogP contribution in [-0.4, -0.2) is 29.8 Å². The summed E-state index contributed by atoms with van der Waals surface area (Å²) < 4.78 is 12.6. The van der Waals surface area contributed by atoms with Crippen LogP contribution in [0.2, 0.25) is 0 Å². The summed E-state index contributed by atoms with van der Waals surface area (Å²) in [6, 6.07) is 6.22. The molecule has 0 aliphatic carbocycles. The van der Waals surface area contributed by atoms with E-state index in [-0.39, 0.29) is 11.7 Å². The van der Waals surface area contributed by atoms with E-state index in [0.717, 1.165) is 29.7 Å². The highest BCUT2D eigenvalue weighted by molar-refractivity contribution is 5.71. The summed E-state index contributed by atoms with van der Waals surface area (Å²) in [4.78, 5) is 16.9. The van der Waals surface area contributed by atoms with Crippen molar-refractivity contribution in [2.45, 2.75) is 65.0 Å². The SMILES string of the molecule is CCCCCCC(C)Nc1cc2n(c(=O)n1)CCc1cc(OC)c(OC)cc1-2. The van der Waals surface area contributed by atoms with Crippen molar-refractivity contribution in [3.63, 3.8) is 0 Å². The first-order valence-corrected chi connectivity index (χ1v) is 10.2. The van der Waals surface area contributed by atoms with Gasteiger partial charge in [-0.2, -0.15) is 4.98 Å². The lowest BCUT2D eigenvalue weighted by Gasteiger charge is -2.24. The van der Waals surface area contributed by atoms with Crippen LogP contribution < -0.4 is 20.5 Å². The van der Waals surface area contributed by atoms with E-state index in [1.54, 1.807) is 18.8 Å². The van der Waals surface area contributed by atoms with Gasteiger partial charge in [-0.1, -0.05) is 32.6 Å². The van der Waals surface area contributed by atoms with Crippen molar-refractivity contribution in [2.75, 3.05) is 19.5 Å². The maximum atomic E-state index is 12.6. The zero-order valence-electron chi connectivity index (χ0n) is 17.4. The highest BCUT2D eigenvalue weighted by Gasteiger charge is 2.21. The van der Waals surface area contributed by atoms with Gasteiger partial charge in [0.15, 0.2) is 11.5 Å². The van der Waals surface area contributed by atoms with Gasteiger partial charge in [0.1, 0.15) is 5.82 Å². The summed E-state index contributed by atoms with van der Waals surface area (Å²) in [6.45, 7) is 4.98. The summed E-state index contributed by atoms with van der Waals surface area (Å²) in [5.41, 5.74) is 2.82. The molecule has 0 fully saturated rings. The molecule has 2 heterocycles. The number of methoxy groups -OCH3 is 2. The standard InChI is InChI=1S/C22H31N3O3/c1-5-6-7-8-9-15(2)23-21-14-18-17-13-20(28-4)19(27-3)12-16(17)10-11-25(18)22(26)24-21/h12-15H,5-11H2,1-4H3,(H,23,24,26). The zero-order valence-corrected chi connectivity index (χ0v) is 17.4. The van der Waals surface area contributed by atoms with Gasteiger partial charge in [0.25, 0.3) is 0 Å². The number of anilines is 1. The number of unbranched alkanes of at least 4 members (excludes halogenated alkanes) is 3. The van der Waals surface area contributed by atoms with Crippen molar-refractivity contribution in [2.24, 2.45) is 0 Å². The monoisotopic (exact) mass is 385 g/mol. The van der Waals surface area contributed by atoms with Gasteiger partial charge in [0.05, 0.1) is 19.9 Å². The normalized spacial score (nSPS) is 13.4. The molecule has 6 nitrogen and oxygen atoms in total. The minimum absolute atomic E-state index is 0.210. The van der Waals surface area contributed by atoms with Crippen LogP contribution in [0.25, 0.3) is 11.3 Å². The molecule has 0 radical (unpaired) electrons. The second kappa shape index (κ2) is 9.13. The van der Waals surface area contributed by atoms with Crippen LogP contribution in [0.3, 0.4) is 0 Å². The quantitative estimate of drug-likeness (QED) is 0.654. The Morgan fingerprint density at radius 1 is 1.14 bits per heavy atom. The molecule has 28 heavy (non-hydrogen) atoms. The molecule has 0 saturated carbocycles. The predicted molar refractivity (Wildman–Crippen MR) is 113 cm³/mol. The van der Waals surface area contributed by atoms with Crippen LogP contribution in [-0.2, 0) is 13.0 Å². The third-order valence-electron chi connectivity index (χ3n) is 5.39. The molecular weight excluding hydrogens is 354 g/mol. The van der Waals surface area contributed by atoms with Gasteiger partial charge in [-0.15, -0.1) is 0 Å². The molecule has 1 unspecified atom stereocenters. The first kappa shape index (κ1) is 20.2. The second-order valence-corrected chi connectivity index (χ2v) is 7.47. The molecule has 152 valence electrons. The van der Waals surface area contributed by atoms with E-state index in [0.29, 0.717) is 23.9 Å². The molecule has 1 aromatic carbocycles. The number of benzene rings is 1. The number of aryl methyl sites for hydroxylation is 1. The third kappa shape index (κ3) is 4.32. The fourth-order valence-electron chi connectivity index (χ4n) is 3.82. The van der Waals surface area contributed by atoms with Gasteiger partial charge in [0, 0.05) is 24.2 Å². The molecule has 1 N–H and O–H groups in total. The molecule has 0 spiro atoms. The van der Waals surface area contributed by atoms with Gasteiger partial charge in [-0.25, -0.2) is 4.79 Å². The summed E-state index contributed by atoms with van der Waals surface area (Å²) in [7, 11) is 3.26. The molecule has 1 atom stereocenters. The predicted octanol–water partition coefficient (Wildman–Crippen LogP) is 4.25. The van der Waals surface area contributed by atoms with E-state index in [9.17, 15) is 4.79 Å². The molecule has 2 aromatic rings. The van der Waals surface area contributed by atoms with E-state index >= 15 is 0 Å². The van der Waals surface area contributed by atoms with Gasteiger partial charge < -0.3 is 14.8 Å². The van der Waals surface area contributed by atoms with E-state index in [2.05, 4.69) is 24.1 Å². The molecule has 3 rings (SSSR count). The largest absolute Gasteiger partial charge is 0.493 e. The van der Waals surface area contributed by atoms with Crippen LogP contribution in [0.4, 0.5) is 5.82 Å². The topological polar surface area (TPSA) is 65.4 Å². The number of rotatable bonds is 9. The van der Waals surface area contributed by atoms with Crippen molar-refractivity contribution >= 4 is 5.82 Å². The number of ether oxygens (including phenoxy) is 2. The van der Waals surface area contributed by atoms with Crippen molar-refractivity contribution in [1.82, 2.24) is 9.55 Å². The molecule has 6 heteroatoms. The second-order valence-electron chi connectivity index (χ2n) is 7.47. The number of hydrogen-bond donors (Lipinski definition) is 1. The summed E-state index contributed by atoms with van der Waals surface area (Å²) in [6.07, 6.45) is 6.78. The minimum atomic E-state index is -0.210. The van der Waals surface area contributed by atoms with Gasteiger partial charge in [0.2, 0.25) is 0 Å². The Bertz CT molecular complexity index is 876. The maximum absolute atomic E-state index is 12.6. The summed E-state index contributed by atoms with van der Waals surface area (Å²) in [5, 5.41) is 3.41. The first-order valence-electron chi connectivity index (χ1n) is 10.2. The van der Waals surface area contributed by atoms with Crippen LogP contribution in [0.1, 0.15) is 51.5 Å². The van der Waals surface area contributed by atoms with Gasteiger partial charge >= 0.3 is 5.69 Å². The van der Waals surface area contributed by atoms with E-state index in [1.807, 2.05) is 18.2 Å². The smallest absolute Gasteiger partial charge is 0.349 e. The lowest BCUT2D eigenvalue weighted by Crippen LogP contribution is -2.30. The molecule has 1 aliphatic rings. The van der Waals surface area contributed by atoms with E-state index in [1.165, 1.54) is 25.7 Å². The zero-order chi connectivity index (χ0) is 20.1. The Balaban J connectivity index is 1.88. The Labute approximate surface area is 166 Å². The number of fused-ring (bicyclic) bond motifs is 3. The number of nitrogens with one attached hydrogen (secondary N) is 1. The molecule has 0 bridgehead atoms. The fourth-order valence-corrected chi connectivity index (χ4v) is 3.82. The summed E-state index contributed by atoms with van der Waals surface area (Å²) >= 11 is 0.